The van der Waals surface area contributed by atoms with E-state index in [0.29, 0.717) is 6.42 Å². The molecule has 0 fully saturated rings. The summed E-state index contributed by atoms with van der Waals surface area (Å²) in [6.07, 6.45) is 3.77. The molecular formula is C23H23INP. The molecule has 132 valence electrons. The summed E-state index contributed by atoms with van der Waals surface area (Å²) in [5.41, 5.74) is 0. The van der Waals surface area contributed by atoms with Gasteiger partial charge in [-0.2, -0.15) is 5.26 Å². The lowest BCUT2D eigenvalue weighted by atomic mass is 10.1. The molecule has 0 heterocycles. The summed E-state index contributed by atoms with van der Waals surface area (Å²) in [6, 6.07) is 35.1. The normalized spacial score (nSPS) is 10.6. The van der Waals surface area contributed by atoms with E-state index < -0.39 is 7.26 Å². The van der Waals surface area contributed by atoms with Crippen molar-refractivity contribution in [3.05, 3.63) is 91.0 Å². The Hall–Kier alpha value is -1.69. The molecule has 1 nitrogen and oxygen atoms in total. The molecule has 0 atom stereocenters. The monoisotopic (exact) mass is 470 g/mol. The van der Waals surface area contributed by atoms with Crippen molar-refractivity contribution in [1.29, 1.82) is 5.26 Å². The summed E-state index contributed by atoms with van der Waals surface area (Å²) in [4.78, 5) is 0. The second-order valence-electron chi connectivity index (χ2n) is 6.16. The van der Waals surface area contributed by atoms with Crippen LogP contribution in [0, 0.1) is 11.3 Å². The van der Waals surface area contributed by atoms with Crippen molar-refractivity contribution in [3.8, 4) is 6.07 Å². The Morgan fingerprint density at radius 2 is 1.00 bits per heavy atom. The van der Waals surface area contributed by atoms with E-state index in [4.69, 9.17) is 5.26 Å². The van der Waals surface area contributed by atoms with E-state index >= 15 is 0 Å². The Morgan fingerprint density at radius 3 is 1.35 bits per heavy atom. The van der Waals surface area contributed by atoms with Crippen LogP contribution in [0.5, 0.6) is 0 Å². The first kappa shape index (κ1) is 20.6. The molecule has 0 aliphatic carbocycles. The van der Waals surface area contributed by atoms with E-state index in [2.05, 4.69) is 97.1 Å². The van der Waals surface area contributed by atoms with Gasteiger partial charge in [-0.05, 0) is 49.2 Å². The van der Waals surface area contributed by atoms with Gasteiger partial charge in [0.25, 0.3) is 0 Å². The first-order chi connectivity index (χ1) is 12.4. The van der Waals surface area contributed by atoms with Crippen LogP contribution in [0.15, 0.2) is 91.0 Å². The van der Waals surface area contributed by atoms with Crippen molar-refractivity contribution in [2.75, 3.05) is 6.16 Å². The smallest absolute Gasteiger partial charge is 0.112 e. The van der Waals surface area contributed by atoms with Gasteiger partial charge in [-0.1, -0.05) is 54.6 Å². The molecule has 0 amide bonds. The van der Waals surface area contributed by atoms with Crippen LogP contribution in [0.25, 0.3) is 0 Å². The molecule has 0 saturated heterocycles. The van der Waals surface area contributed by atoms with Crippen LogP contribution < -0.4 is 39.9 Å². The van der Waals surface area contributed by atoms with Crippen molar-refractivity contribution in [2.24, 2.45) is 0 Å². The van der Waals surface area contributed by atoms with Gasteiger partial charge in [-0.15, -0.1) is 0 Å². The third-order valence-corrected chi connectivity index (χ3v) is 9.15. The zero-order valence-corrected chi connectivity index (χ0v) is 17.8. The van der Waals surface area contributed by atoms with Crippen molar-refractivity contribution < 1.29 is 24.0 Å². The van der Waals surface area contributed by atoms with Crippen molar-refractivity contribution in [2.45, 2.75) is 19.3 Å². The largest absolute Gasteiger partial charge is 1.00 e. The molecule has 3 aromatic carbocycles. The molecule has 0 aliphatic heterocycles. The minimum absolute atomic E-state index is 0. The van der Waals surface area contributed by atoms with Gasteiger partial charge in [0, 0.05) is 6.42 Å². The second kappa shape index (κ2) is 10.5. The predicted octanol–water partition coefficient (Wildman–Crippen LogP) is 1.68. The predicted molar refractivity (Wildman–Crippen MR) is 109 cm³/mol. The number of hydrogen-bond donors (Lipinski definition) is 0. The third kappa shape index (κ3) is 4.53. The Bertz CT molecular complexity index is 716. The number of halogens is 1. The number of unbranched alkanes of at least 4 members (excludes halogenated alkanes) is 2. The van der Waals surface area contributed by atoms with E-state index in [1.807, 2.05) is 0 Å². The molecule has 0 aromatic heterocycles. The van der Waals surface area contributed by atoms with Crippen molar-refractivity contribution in [1.82, 2.24) is 0 Å². The quantitative estimate of drug-likeness (QED) is 0.293. The van der Waals surface area contributed by atoms with Gasteiger partial charge in [0.2, 0.25) is 0 Å². The van der Waals surface area contributed by atoms with Crippen molar-refractivity contribution in [3.63, 3.8) is 0 Å². The lowest BCUT2D eigenvalue weighted by Crippen LogP contribution is -3.00. The molecular weight excluding hydrogens is 447 g/mol. The van der Waals surface area contributed by atoms with Crippen LogP contribution in [-0.4, -0.2) is 6.16 Å². The van der Waals surface area contributed by atoms with Gasteiger partial charge in [0.15, 0.2) is 0 Å². The van der Waals surface area contributed by atoms with Gasteiger partial charge in [0.05, 0.1) is 12.2 Å². The lowest BCUT2D eigenvalue weighted by molar-refractivity contribution is -0.00000515. The highest BCUT2D eigenvalue weighted by atomic mass is 127. The fraction of sp³-hybridized carbons (Fsp3) is 0.174. The highest BCUT2D eigenvalue weighted by molar-refractivity contribution is 7.95. The molecule has 26 heavy (non-hydrogen) atoms. The van der Waals surface area contributed by atoms with Gasteiger partial charge in [-0.25, -0.2) is 0 Å². The molecule has 3 rings (SSSR count). The SMILES string of the molecule is N#[11C]CCCC[P+](c1ccccc1)(c1ccccc1)c1ccccc1.[I-]. The van der Waals surface area contributed by atoms with Crippen molar-refractivity contribution >= 4 is 23.2 Å². The molecule has 3 heteroatoms. The van der Waals surface area contributed by atoms with E-state index in [-0.39, 0.29) is 24.0 Å². The van der Waals surface area contributed by atoms with Gasteiger partial charge < -0.3 is 24.0 Å². The fourth-order valence-corrected chi connectivity index (χ4v) is 7.85. The van der Waals surface area contributed by atoms with Crippen LogP contribution in [0.3, 0.4) is 0 Å². The van der Waals surface area contributed by atoms with E-state index in [9.17, 15) is 0 Å². The van der Waals surface area contributed by atoms with E-state index in [0.717, 1.165) is 19.0 Å². The molecule has 0 unspecified atom stereocenters. The highest BCUT2D eigenvalue weighted by Crippen LogP contribution is 2.55. The molecule has 0 radical (unpaired) electrons. The highest BCUT2D eigenvalue weighted by Gasteiger charge is 2.44. The fourth-order valence-electron chi connectivity index (χ4n) is 3.43. The second-order valence-corrected chi connectivity index (χ2v) is 9.77. The van der Waals surface area contributed by atoms with Gasteiger partial charge >= 0.3 is 0 Å². The Morgan fingerprint density at radius 1 is 0.615 bits per heavy atom. The maximum absolute atomic E-state index is 8.91. The number of nitriles is 1. The molecule has 0 bridgehead atoms. The first-order valence-corrected chi connectivity index (χ1v) is 10.8. The van der Waals surface area contributed by atoms with Crippen LogP contribution in [0.2, 0.25) is 0 Å². The molecule has 0 N–H and O–H groups in total. The standard InChI is InChI=1S/C23H23NP.HI/c24-19-11-4-12-20-25(21-13-5-1-6-14-21,22-15-7-2-8-16-22)23-17-9-3-10-18-23;/h1-3,5-10,13-18H,4,11-12,20H2;1H/q+1;/p-1/i19-1;. The average Bonchev–Trinajstić information content (AvgIpc) is 2.70. The number of benzene rings is 3. The molecule has 3 aromatic rings. The lowest BCUT2D eigenvalue weighted by Gasteiger charge is -2.27. The van der Waals surface area contributed by atoms with Gasteiger partial charge in [0.1, 0.15) is 23.2 Å². The Kier molecular flexibility index (Phi) is 8.29. The zero-order valence-electron chi connectivity index (χ0n) is 14.8. The van der Waals surface area contributed by atoms with E-state index in [1.54, 1.807) is 0 Å². The maximum atomic E-state index is 8.91. The molecule has 0 aliphatic rings. The summed E-state index contributed by atoms with van der Waals surface area (Å²) in [5, 5.41) is 13.2. The number of nitrogens with zero attached hydrogens (tertiary/aromatic N) is 1. The summed E-state index contributed by atoms with van der Waals surface area (Å²) in [7, 11) is -1.70. The topological polar surface area (TPSA) is 23.8 Å². The number of hydrogen-bond acceptors (Lipinski definition) is 1. The first-order valence-electron chi connectivity index (χ1n) is 8.80. The summed E-state index contributed by atoms with van der Waals surface area (Å²) >= 11 is 0. The Balaban J connectivity index is 0.00000243. The summed E-state index contributed by atoms with van der Waals surface area (Å²) in [6.45, 7) is 0. The average molecular weight is 470 g/mol. The van der Waals surface area contributed by atoms with E-state index in [1.165, 1.54) is 15.9 Å². The summed E-state index contributed by atoms with van der Waals surface area (Å²) < 4.78 is 0. The van der Waals surface area contributed by atoms with Crippen LogP contribution in [0.4, 0.5) is 0 Å². The number of rotatable bonds is 7. The molecule has 0 saturated carbocycles. The third-order valence-electron chi connectivity index (χ3n) is 4.62. The van der Waals surface area contributed by atoms with Crippen LogP contribution in [0.1, 0.15) is 19.3 Å². The minimum atomic E-state index is -1.70. The maximum Gasteiger partial charge on any atom is 0.112 e. The van der Waals surface area contributed by atoms with Crippen LogP contribution in [-0.2, 0) is 0 Å². The summed E-state index contributed by atoms with van der Waals surface area (Å²) in [5.74, 6) is 0. The Labute approximate surface area is 174 Å². The van der Waals surface area contributed by atoms with Crippen LogP contribution >= 0.6 is 7.26 Å². The zero-order chi connectivity index (χ0) is 17.4. The minimum Gasteiger partial charge on any atom is -1.00 e. The van der Waals surface area contributed by atoms with Gasteiger partial charge in [-0.3, -0.25) is 0 Å². The molecule has 0 spiro atoms.